The molecule has 1 heteroatoms. The van der Waals surface area contributed by atoms with E-state index in [9.17, 15) is 5.11 Å². The summed E-state index contributed by atoms with van der Waals surface area (Å²) in [6, 6.07) is 11.0. The van der Waals surface area contributed by atoms with E-state index in [1.54, 1.807) is 5.56 Å². The molecule has 1 atom stereocenters. The molecule has 0 saturated heterocycles. The Hall–Kier alpha value is -1.86. The van der Waals surface area contributed by atoms with Gasteiger partial charge in [0.2, 0.25) is 0 Å². The number of fused-ring (bicyclic) bond motifs is 4. The van der Waals surface area contributed by atoms with Gasteiger partial charge in [-0.25, -0.2) is 0 Å². The molecule has 2 aromatic rings. The maximum atomic E-state index is 9.43. The quantitative estimate of drug-likeness (QED) is 0.863. The van der Waals surface area contributed by atoms with Crippen molar-refractivity contribution in [3.8, 4) is 0 Å². The predicted octanol–water partition coefficient (Wildman–Crippen LogP) is 4.12. The van der Waals surface area contributed by atoms with Gasteiger partial charge in [-0.2, -0.15) is 0 Å². The fraction of sp³-hybridized carbons (Fsp3) is 0.440. The molecular formula is C25H30O. The summed E-state index contributed by atoms with van der Waals surface area (Å²) >= 11 is 0. The monoisotopic (exact) mass is 346 g/mol. The first kappa shape index (κ1) is 17.5. The molecule has 0 amide bonds. The molecule has 0 saturated carbocycles. The molecule has 0 heterocycles. The van der Waals surface area contributed by atoms with Gasteiger partial charge in [-0.3, -0.25) is 0 Å². The third-order valence-corrected chi connectivity index (χ3v) is 6.70. The second-order valence-corrected chi connectivity index (χ2v) is 8.19. The predicted molar refractivity (Wildman–Crippen MR) is 109 cm³/mol. The summed E-state index contributed by atoms with van der Waals surface area (Å²) in [5, 5.41) is 14.9. The van der Waals surface area contributed by atoms with Gasteiger partial charge in [0.15, 0.2) is 0 Å². The van der Waals surface area contributed by atoms with E-state index >= 15 is 0 Å². The zero-order valence-electron chi connectivity index (χ0n) is 16.1. The van der Waals surface area contributed by atoms with E-state index in [2.05, 4.69) is 56.3 Å². The highest BCUT2D eigenvalue weighted by molar-refractivity contribution is 5.48. The van der Waals surface area contributed by atoms with Crippen molar-refractivity contribution < 1.29 is 5.11 Å². The fourth-order valence-electron chi connectivity index (χ4n) is 4.90. The molecule has 2 aromatic carbocycles. The number of hydrogen-bond acceptors (Lipinski definition) is 1. The minimum atomic E-state index is 0.115. The number of unbranched alkanes of at least 4 members (excludes halogenated alkanes) is 1. The topological polar surface area (TPSA) is 20.2 Å². The Morgan fingerprint density at radius 2 is 1.81 bits per heavy atom. The molecule has 0 radical (unpaired) electrons. The van der Waals surface area contributed by atoms with E-state index in [-0.39, 0.29) is 6.61 Å². The number of aliphatic hydroxyl groups is 1. The molecule has 0 aromatic heterocycles. The zero-order valence-corrected chi connectivity index (χ0v) is 16.1. The van der Waals surface area contributed by atoms with Gasteiger partial charge in [-0.1, -0.05) is 63.1 Å². The molecule has 4 rings (SSSR count). The molecular weight excluding hydrogens is 316 g/mol. The number of aliphatic hydroxyl groups excluding tert-OH is 1. The van der Waals surface area contributed by atoms with Crippen molar-refractivity contribution >= 4 is 12.2 Å². The lowest BCUT2D eigenvalue weighted by atomic mass is 9.69. The van der Waals surface area contributed by atoms with Crippen molar-refractivity contribution in [2.45, 2.75) is 65.4 Å². The van der Waals surface area contributed by atoms with Crippen LogP contribution in [0.2, 0.25) is 0 Å². The molecule has 26 heavy (non-hydrogen) atoms. The van der Waals surface area contributed by atoms with Crippen LogP contribution in [0.4, 0.5) is 0 Å². The number of benzene rings is 2. The Kier molecular flexibility index (Phi) is 4.75. The van der Waals surface area contributed by atoms with Gasteiger partial charge in [0, 0.05) is 0 Å². The van der Waals surface area contributed by atoms with Gasteiger partial charge in [0.25, 0.3) is 0 Å². The van der Waals surface area contributed by atoms with Gasteiger partial charge in [0.1, 0.15) is 0 Å². The lowest BCUT2D eigenvalue weighted by molar-refractivity contribution is 0.244. The first-order valence-corrected chi connectivity index (χ1v) is 10.2. The average molecular weight is 347 g/mol. The lowest BCUT2D eigenvalue weighted by Crippen LogP contribution is -2.32. The highest BCUT2D eigenvalue weighted by atomic mass is 16.3. The van der Waals surface area contributed by atoms with Crippen LogP contribution in [0.1, 0.15) is 62.6 Å². The number of hydrogen-bond donors (Lipinski definition) is 1. The summed E-state index contributed by atoms with van der Waals surface area (Å²) in [4.78, 5) is 0. The van der Waals surface area contributed by atoms with Crippen LogP contribution in [-0.2, 0) is 19.4 Å². The van der Waals surface area contributed by atoms with Gasteiger partial charge in [-0.05, 0) is 81.2 Å². The maximum Gasteiger partial charge on any atom is 0.0682 e. The van der Waals surface area contributed by atoms with Crippen molar-refractivity contribution in [1.82, 2.24) is 0 Å². The van der Waals surface area contributed by atoms with Crippen LogP contribution in [0, 0.1) is 15.9 Å². The van der Waals surface area contributed by atoms with Gasteiger partial charge < -0.3 is 5.11 Å². The minimum Gasteiger partial charge on any atom is -0.392 e. The van der Waals surface area contributed by atoms with E-state index in [1.165, 1.54) is 65.0 Å². The summed E-state index contributed by atoms with van der Waals surface area (Å²) in [5.74, 6) is 0. The largest absolute Gasteiger partial charge is 0.392 e. The third-order valence-electron chi connectivity index (χ3n) is 6.70. The zero-order chi connectivity index (χ0) is 18.1. The molecule has 0 bridgehead atoms. The van der Waals surface area contributed by atoms with Crippen LogP contribution >= 0.6 is 0 Å². The van der Waals surface area contributed by atoms with Gasteiger partial charge in [0.05, 0.1) is 6.61 Å². The number of rotatable bonds is 5. The van der Waals surface area contributed by atoms with Crippen molar-refractivity contribution in [2.24, 2.45) is 5.41 Å². The maximum absolute atomic E-state index is 9.43. The van der Waals surface area contributed by atoms with Crippen LogP contribution in [0.15, 0.2) is 30.3 Å². The van der Waals surface area contributed by atoms with E-state index in [4.69, 9.17) is 0 Å². The average Bonchev–Trinajstić information content (AvgIpc) is 2.71. The van der Waals surface area contributed by atoms with E-state index < -0.39 is 0 Å². The molecule has 0 aliphatic heterocycles. The summed E-state index contributed by atoms with van der Waals surface area (Å²) in [5.41, 5.74) is 4.59. The van der Waals surface area contributed by atoms with Crippen LogP contribution < -0.4 is 10.4 Å². The fourth-order valence-corrected chi connectivity index (χ4v) is 4.90. The summed E-state index contributed by atoms with van der Waals surface area (Å²) in [6.45, 7) is 4.80. The van der Waals surface area contributed by atoms with Gasteiger partial charge in [-0.15, -0.1) is 0 Å². The Morgan fingerprint density at radius 3 is 2.58 bits per heavy atom. The highest BCUT2D eigenvalue weighted by Crippen LogP contribution is 2.39. The molecule has 136 valence electrons. The third kappa shape index (κ3) is 2.93. The van der Waals surface area contributed by atoms with Crippen LogP contribution in [-0.4, -0.2) is 5.11 Å². The van der Waals surface area contributed by atoms with Crippen LogP contribution in [0.5, 0.6) is 0 Å². The Balaban J connectivity index is 1.89. The minimum absolute atomic E-state index is 0.115. The van der Waals surface area contributed by atoms with Crippen molar-refractivity contribution in [1.29, 1.82) is 0 Å². The molecule has 1 N–H and O–H groups in total. The summed E-state index contributed by atoms with van der Waals surface area (Å²) in [6.07, 6.45) is 13.6. The molecule has 1 unspecified atom stereocenters. The molecule has 2 aliphatic carbocycles. The van der Waals surface area contributed by atoms with Crippen LogP contribution in [0.25, 0.3) is 12.2 Å². The van der Waals surface area contributed by atoms with Crippen molar-refractivity contribution in [3.63, 3.8) is 0 Å². The highest BCUT2D eigenvalue weighted by Gasteiger charge is 2.30. The van der Waals surface area contributed by atoms with E-state index in [0.717, 1.165) is 12.0 Å². The second-order valence-electron chi connectivity index (χ2n) is 8.19. The lowest BCUT2D eigenvalue weighted by Gasteiger charge is -2.36. The van der Waals surface area contributed by atoms with Crippen molar-refractivity contribution in [3.05, 3.63) is 67.9 Å². The van der Waals surface area contributed by atoms with Crippen LogP contribution in [0.3, 0.4) is 0 Å². The summed E-state index contributed by atoms with van der Waals surface area (Å²) in [7, 11) is 0. The summed E-state index contributed by atoms with van der Waals surface area (Å²) < 4.78 is 0. The van der Waals surface area contributed by atoms with Gasteiger partial charge >= 0.3 is 0 Å². The standard InChI is InChI=1S/C25H30O/c1-3-5-13-25(4-2)14-12-19-7-10-22-21-9-6-18(17-26)15-20(21)8-11-23(22)24(19)16-25/h6-10,12,15,26H,3-5,11,13-14,16-17H2,1-2H3. The van der Waals surface area contributed by atoms with E-state index in [0.29, 0.717) is 5.41 Å². The SMILES string of the molecule is CCCCC1(CC)CC=c2ccc3c(c2C1)CC=c1cc(CO)ccc1=3. The Labute approximate surface area is 156 Å². The first-order chi connectivity index (χ1) is 12.7. The Morgan fingerprint density at radius 1 is 0.962 bits per heavy atom. The molecule has 1 nitrogen and oxygen atoms in total. The second kappa shape index (κ2) is 7.04. The molecule has 0 spiro atoms. The first-order valence-electron chi connectivity index (χ1n) is 10.2. The smallest absolute Gasteiger partial charge is 0.0682 e. The normalized spacial score (nSPS) is 20.4. The van der Waals surface area contributed by atoms with E-state index in [1.807, 2.05) is 0 Å². The van der Waals surface area contributed by atoms with Crippen molar-refractivity contribution in [2.75, 3.05) is 0 Å². The molecule has 0 fully saturated rings. The molecule has 2 aliphatic rings. The Bertz CT molecular complexity index is 1030.